The van der Waals surface area contributed by atoms with Crippen molar-refractivity contribution in [3.63, 3.8) is 0 Å². The minimum atomic E-state index is -0.805. The number of aliphatic carboxylic acids is 1. The molecule has 2 unspecified atom stereocenters. The number of carbonyl (C=O) groups is 1. The van der Waals surface area contributed by atoms with Crippen molar-refractivity contribution in [1.82, 2.24) is 9.78 Å². The fraction of sp³-hybridized carbons (Fsp3) is 0.737. The highest BCUT2D eigenvalue weighted by atomic mass is 35.5. The predicted molar refractivity (Wildman–Crippen MR) is 99.2 cm³/mol. The summed E-state index contributed by atoms with van der Waals surface area (Å²) in [4.78, 5) is 27.4. The lowest BCUT2D eigenvalue weighted by molar-refractivity contribution is -0.168. The van der Waals surface area contributed by atoms with E-state index in [0.29, 0.717) is 43.8 Å². The molecular weight excluding hydrogens is 370 g/mol. The molecule has 5 fully saturated rings. The molecule has 1 N–H and O–H groups in total. The fourth-order valence-corrected chi connectivity index (χ4v) is 6.75. The van der Waals surface area contributed by atoms with Crippen LogP contribution in [0.15, 0.2) is 11.0 Å². The lowest BCUT2D eigenvalue weighted by Gasteiger charge is -2.59. The van der Waals surface area contributed by atoms with Crippen molar-refractivity contribution in [3.05, 3.63) is 21.6 Å². The van der Waals surface area contributed by atoms with Gasteiger partial charge in [0.15, 0.2) is 0 Å². The van der Waals surface area contributed by atoms with Gasteiger partial charge in [0.25, 0.3) is 5.56 Å². The first-order valence-electron chi connectivity index (χ1n) is 9.83. The Hall–Kier alpha value is -1.60. The summed E-state index contributed by atoms with van der Waals surface area (Å²) in [6, 6.07) is 0. The van der Waals surface area contributed by atoms with E-state index in [1.807, 2.05) is 4.90 Å². The van der Waals surface area contributed by atoms with Crippen LogP contribution in [0, 0.1) is 23.7 Å². The molecule has 7 nitrogen and oxygen atoms in total. The van der Waals surface area contributed by atoms with E-state index in [1.54, 1.807) is 6.20 Å². The molecule has 2 heterocycles. The first-order valence-corrected chi connectivity index (χ1v) is 10.2. The third-order valence-corrected chi connectivity index (χ3v) is 7.57. The van der Waals surface area contributed by atoms with Gasteiger partial charge in [0, 0.05) is 13.1 Å². The van der Waals surface area contributed by atoms with Crippen LogP contribution in [0.1, 0.15) is 32.1 Å². The number of anilines is 1. The first kappa shape index (κ1) is 17.5. The van der Waals surface area contributed by atoms with E-state index >= 15 is 0 Å². The van der Waals surface area contributed by atoms with Crippen LogP contribution in [0.4, 0.5) is 5.69 Å². The summed E-state index contributed by atoms with van der Waals surface area (Å²) in [6.07, 6.45) is 6.16. The molecule has 5 atom stereocenters. The van der Waals surface area contributed by atoms with Gasteiger partial charge in [-0.15, -0.1) is 0 Å². The van der Waals surface area contributed by atoms with E-state index < -0.39 is 17.4 Å². The van der Waals surface area contributed by atoms with Crippen LogP contribution in [0.2, 0.25) is 5.02 Å². The number of morpholine rings is 1. The molecule has 0 aromatic carbocycles. The third-order valence-electron chi connectivity index (χ3n) is 7.21. The van der Waals surface area contributed by atoms with Crippen LogP contribution < -0.4 is 10.5 Å². The highest BCUT2D eigenvalue weighted by Crippen LogP contribution is 2.61. The van der Waals surface area contributed by atoms with Crippen molar-refractivity contribution in [2.24, 2.45) is 23.7 Å². The maximum Gasteiger partial charge on any atom is 0.309 e. The average molecular weight is 394 g/mol. The summed E-state index contributed by atoms with van der Waals surface area (Å²) >= 11 is 6.50. The Bertz CT molecular complexity index is 821. The number of rotatable bonds is 3. The summed E-state index contributed by atoms with van der Waals surface area (Å²) < 4.78 is 6.81. The number of ether oxygens (including phenoxy) is 1. The lowest BCUT2D eigenvalue weighted by Crippen LogP contribution is -2.63. The lowest BCUT2D eigenvalue weighted by atomic mass is 9.48. The molecule has 1 saturated heterocycles. The summed E-state index contributed by atoms with van der Waals surface area (Å²) in [6.45, 7) is 2.52. The van der Waals surface area contributed by atoms with E-state index in [1.165, 1.54) is 4.68 Å². The molecule has 1 aromatic rings. The van der Waals surface area contributed by atoms with Crippen molar-refractivity contribution in [1.29, 1.82) is 0 Å². The number of carboxylic acid groups (broad SMARTS) is 1. The zero-order valence-electron chi connectivity index (χ0n) is 15.1. The molecule has 4 bridgehead atoms. The summed E-state index contributed by atoms with van der Waals surface area (Å²) in [5, 5.41) is 14.6. The Kier molecular flexibility index (Phi) is 4.02. The van der Waals surface area contributed by atoms with Gasteiger partial charge in [0.05, 0.1) is 36.6 Å². The highest BCUT2D eigenvalue weighted by molar-refractivity contribution is 6.33. The number of hydrogen-bond acceptors (Lipinski definition) is 5. The van der Waals surface area contributed by atoms with Crippen LogP contribution in [0.25, 0.3) is 0 Å². The zero-order chi connectivity index (χ0) is 18.8. The first-order chi connectivity index (χ1) is 13.0. The zero-order valence-corrected chi connectivity index (χ0v) is 15.9. The van der Waals surface area contributed by atoms with Gasteiger partial charge in [-0.2, -0.15) is 5.10 Å². The number of aromatic nitrogens is 2. The van der Waals surface area contributed by atoms with Crippen LogP contribution in [-0.4, -0.2) is 47.2 Å². The maximum atomic E-state index is 13.2. The van der Waals surface area contributed by atoms with E-state index in [4.69, 9.17) is 16.3 Å². The largest absolute Gasteiger partial charge is 0.481 e. The second kappa shape index (κ2) is 6.21. The Morgan fingerprint density at radius 2 is 1.89 bits per heavy atom. The molecule has 4 aliphatic carbocycles. The molecule has 146 valence electrons. The third kappa shape index (κ3) is 2.54. The molecular formula is C19H24ClN3O4. The predicted octanol–water partition coefficient (Wildman–Crippen LogP) is 1.97. The topological polar surface area (TPSA) is 84.7 Å². The Morgan fingerprint density at radius 1 is 1.22 bits per heavy atom. The molecule has 4 saturated carbocycles. The Morgan fingerprint density at radius 3 is 2.52 bits per heavy atom. The SMILES string of the molecule is O=C(O)[C@H]1C2C[C@@H]3C[C@H](C2)CC1(n1ncc(N2CCOCC2)c(Cl)c1=O)C3. The van der Waals surface area contributed by atoms with Crippen LogP contribution in [0.3, 0.4) is 0 Å². The molecule has 27 heavy (non-hydrogen) atoms. The highest BCUT2D eigenvalue weighted by Gasteiger charge is 2.61. The van der Waals surface area contributed by atoms with E-state index in [9.17, 15) is 14.7 Å². The average Bonchev–Trinajstić information content (AvgIpc) is 2.63. The summed E-state index contributed by atoms with van der Waals surface area (Å²) in [5.74, 6) is -0.240. The molecule has 1 aromatic heterocycles. The quantitative estimate of drug-likeness (QED) is 0.845. The summed E-state index contributed by atoms with van der Waals surface area (Å²) in [5.41, 5.74) is -0.461. The monoisotopic (exact) mass is 393 g/mol. The molecule has 5 aliphatic rings. The molecule has 8 heteroatoms. The fourth-order valence-electron chi connectivity index (χ4n) is 6.50. The van der Waals surface area contributed by atoms with Crippen LogP contribution in [-0.2, 0) is 15.1 Å². The number of nitrogens with zero attached hydrogens (tertiary/aromatic N) is 3. The van der Waals surface area contributed by atoms with Gasteiger partial charge in [-0.25, -0.2) is 4.68 Å². The minimum absolute atomic E-state index is 0.139. The van der Waals surface area contributed by atoms with Crippen LogP contribution in [0.5, 0.6) is 0 Å². The Balaban J connectivity index is 1.60. The van der Waals surface area contributed by atoms with Gasteiger partial charge < -0.3 is 14.7 Å². The van der Waals surface area contributed by atoms with Crippen molar-refractivity contribution in [3.8, 4) is 0 Å². The van der Waals surface area contributed by atoms with Gasteiger partial charge >= 0.3 is 5.97 Å². The normalized spacial score (nSPS) is 37.6. The van der Waals surface area contributed by atoms with Crippen LogP contribution >= 0.6 is 11.6 Å². The number of hydrogen-bond donors (Lipinski definition) is 1. The van der Waals surface area contributed by atoms with Gasteiger partial charge in [-0.05, 0) is 49.9 Å². The molecule has 0 spiro atoms. The summed E-state index contributed by atoms with van der Waals surface area (Å²) in [7, 11) is 0. The molecule has 1 aliphatic heterocycles. The van der Waals surface area contributed by atoms with Crippen molar-refractivity contribution >= 4 is 23.3 Å². The number of halogens is 1. The smallest absolute Gasteiger partial charge is 0.309 e. The minimum Gasteiger partial charge on any atom is -0.481 e. The molecule has 0 amide bonds. The van der Waals surface area contributed by atoms with E-state index in [0.717, 1.165) is 32.1 Å². The standard InChI is InChI=1S/C19H24ClN3O4/c20-16-14(22-1-3-27-4-2-22)10-21-23(17(16)24)19-8-11-5-12(9-19)7-13(6-11)15(19)18(25)26/h10-13,15H,1-9H2,(H,25,26)/t11-,12+,13?,15-,19?/m1/s1. The van der Waals surface area contributed by atoms with Crippen molar-refractivity contribution in [2.45, 2.75) is 37.6 Å². The van der Waals surface area contributed by atoms with Crippen molar-refractivity contribution < 1.29 is 14.6 Å². The van der Waals surface area contributed by atoms with E-state index in [-0.39, 0.29) is 16.5 Å². The van der Waals surface area contributed by atoms with Crippen molar-refractivity contribution in [2.75, 3.05) is 31.2 Å². The number of carboxylic acids is 1. The van der Waals surface area contributed by atoms with Gasteiger partial charge in [0.2, 0.25) is 0 Å². The van der Waals surface area contributed by atoms with Gasteiger partial charge in [-0.1, -0.05) is 11.6 Å². The van der Waals surface area contributed by atoms with E-state index in [2.05, 4.69) is 5.10 Å². The second-order valence-corrected chi connectivity index (χ2v) is 9.07. The van der Waals surface area contributed by atoms with Gasteiger partial charge in [-0.3, -0.25) is 9.59 Å². The molecule has 6 rings (SSSR count). The van der Waals surface area contributed by atoms with Gasteiger partial charge in [0.1, 0.15) is 5.02 Å². The maximum absolute atomic E-state index is 13.2. The molecule has 0 radical (unpaired) electrons. The Labute approximate surface area is 162 Å². The second-order valence-electron chi connectivity index (χ2n) is 8.69.